The molecular weight excluding hydrogens is 489 g/mol. The number of benzene rings is 2. The number of carbonyl (C=O) groups excluding carboxylic acids is 1. The lowest BCUT2D eigenvalue weighted by Crippen LogP contribution is -2.34. The predicted molar refractivity (Wildman–Crippen MR) is 120 cm³/mol. The summed E-state index contributed by atoms with van der Waals surface area (Å²) >= 11 is 12.5. The standard InChI is InChI=1S/C22H19Cl2N3O7/c23-16-3-6-19(20(24)9-16)22(13-26-8-7-25-14-26)32-11-18(34-22)10-31-17-4-1-15(2-5-17)21(28)12-33-27(29)30/h1-9,14,18H,10-13H2. The Labute approximate surface area is 204 Å². The van der Waals surface area contributed by atoms with E-state index in [0.717, 1.165) is 0 Å². The van der Waals surface area contributed by atoms with E-state index in [2.05, 4.69) is 9.82 Å². The number of hydrogen-bond donors (Lipinski definition) is 0. The number of hydrogen-bond acceptors (Lipinski definition) is 8. The number of aromatic nitrogens is 2. The van der Waals surface area contributed by atoms with Crippen molar-refractivity contribution in [1.29, 1.82) is 0 Å². The largest absolute Gasteiger partial charge is 0.491 e. The first-order valence-electron chi connectivity index (χ1n) is 10.1. The van der Waals surface area contributed by atoms with Crippen molar-refractivity contribution in [2.75, 3.05) is 19.8 Å². The third-order valence-electron chi connectivity index (χ3n) is 5.06. The van der Waals surface area contributed by atoms with Gasteiger partial charge in [-0.3, -0.25) is 4.79 Å². The van der Waals surface area contributed by atoms with Gasteiger partial charge in [-0.2, -0.15) is 0 Å². The van der Waals surface area contributed by atoms with Crippen LogP contribution >= 0.6 is 23.2 Å². The van der Waals surface area contributed by atoms with Gasteiger partial charge in [0.2, 0.25) is 5.79 Å². The summed E-state index contributed by atoms with van der Waals surface area (Å²) in [6.45, 7) is 0.0949. The maximum absolute atomic E-state index is 11.9. The lowest BCUT2D eigenvalue weighted by Gasteiger charge is -2.30. The maximum Gasteiger partial charge on any atom is 0.294 e. The molecule has 0 bridgehead atoms. The van der Waals surface area contributed by atoms with Gasteiger partial charge in [0.05, 0.1) is 24.5 Å². The molecule has 10 nitrogen and oxygen atoms in total. The number of ketones is 1. The van der Waals surface area contributed by atoms with Crippen LogP contribution in [-0.2, 0) is 26.6 Å². The second kappa shape index (κ2) is 10.4. The van der Waals surface area contributed by atoms with Crippen molar-refractivity contribution < 1.29 is 28.9 Å². The molecule has 0 spiro atoms. The Morgan fingerprint density at radius 1 is 1.26 bits per heavy atom. The Kier molecular flexibility index (Phi) is 7.32. The number of rotatable bonds is 10. The molecule has 1 fully saturated rings. The Morgan fingerprint density at radius 2 is 2.06 bits per heavy atom. The summed E-state index contributed by atoms with van der Waals surface area (Å²) in [6, 6.07) is 11.3. The average molecular weight is 508 g/mol. The average Bonchev–Trinajstić information content (AvgIpc) is 3.47. The van der Waals surface area contributed by atoms with Gasteiger partial charge in [-0.25, -0.2) is 4.98 Å². The molecule has 3 aromatic rings. The first kappa shape index (κ1) is 24.0. The molecule has 1 aromatic heterocycles. The first-order chi connectivity index (χ1) is 16.3. The molecule has 2 heterocycles. The summed E-state index contributed by atoms with van der Waals surface area (Å²) < 4.78 is 20.1. The number of Topliss-reactive ketones (excluding diaryl/α,β-unsaturated/α-hetero) is 1. The molecule has 2 aromatic carbocycles. The third kappa shape index (κ3) is 5.65. The summed E-state index contributed by atoms with van der Waals surface area (Å²) in [6.07, 6.45) is 4.69. The molecule has 0 aliphatic carbocycles. The first-order valence-corrected chi connectivity index (χ1v) is 10.9. The lowest BCUT2D eigenvalue weighted by atomic mass is 10.1. The van der Waals surface area contributed by atoms with Gasteiger partial charge in [0.15, 0.2) is 12.4 Å². The number of nitrogens with zero attached hydrogens (tertiary/aromatic N) is 3. The number of carbonyl (C=O) groups is 1. The van der Waals surface area contributed by atoms with Crippen LogP contribution in [0.3, 0.4) is 0 Å². The van der Waals surface area contributed by atoms with Crippen LogP contribution in [0.2, 0.25) is 10.0 Å². The zero-order valence-electron chi connectivity index (χ0n) is 17.6. The highest BCUT2D eigenvalue weighted by molar-refractivity contribution is 6.35. The summed E-state index contributed by atoms with van der Waals surface area (Å²) in [5.41, 5.74) is 0.904. The molecule has 1 aliphatic rings. The van der Waals surface area contributed by atoms with Crippen LogP contribution in [0.15, 0.2) is 61.2 Å². The van der Waals surface area contributed by atoms with Crippen LogP contribution in [-0.4, -0.2) is 46.3 Å². The molecule has 1 saturated heterocycles. The van der Waals surface area contributed by atoms with Crippen molar-refractivity contribution in [3.05, 3.63) is 92.5 Å². The molecule has 12 heteroatoms. The zero-order chi connectivity index (χ0) is 24.1. The summed E-state index contributed by atoms with van der Waals surface area (Å²) in [5, 5.41) is 10.1. The topological polar surface area (TPSA) is 115 Å². The van der Waals surface area contributed by atoms with Crippen molar-refractivity contribution in [2.24, 2.45) is 0 Å². The van der Waals surface area contributed by atoms with E-state index in [9.17, 15) is 14.9 Å². The minimum absolute atomic E-state index is 0.175. The molecule has 34 heavy (non-hydrogen) atoms. The van der Waals surface area contributed by atoms with Gasteiger partial charge >= 0.3 is 0 Å². The highest BCUT2D eigenvalue weighted by Crippen LogP contribution is 2.40. The van der Waals surface area contributed by atoms with Crippen molar-refractivity contribution in [3.63, 3.8) is 0 Å². The Bertz CT molecular complexity index is 1160. The second-order valence-corrected chi connectivity index (χ2v) is 8.26. The van der Waals surface area contributed by atoms with Gasteiger partial charge in [0, 0.05) is 28.5 Å². The van der Waals surface area contributed by atoms with Crippen LogP contribution in [0.4, 0.5) is 0 Å². The van der Waals surface area contributed by atoms with Crippen molar-refractivity contribution in [3.8, 4) is 5.75 Å². The summed E-state index contributed by atoms with van der Waals surface area (Å²) in [5.74, 6) is -1.18. The number of imidazole rings is 1. The van der Waals surface area contributed by atoms with Crippen molar-refractivity contribution in [1.82, 2.24) is 9.55 Å². The SMILES string of the molecule is O=C(CO[N+](=O)[O-])c1ccc(OCC2COC(Cn3ccnc3)(c3ccc(Cl)cc3Cl)O2)cc1. The number of halogens is 2. The van der Waals surface area contributed by atoms with E-state index in [-0.39, 0.29) is 18.8 Å². The lowest BCUT2D eigenvalue weighted by molar-refractivity contribution is -0.754. The van der Waals surface area contributed by atoms with E-state index >= 15 is 0 Å². The van der Waals surface area contributed by atoms with Gasteiger partial charge in [-0.1, -0.05) is 29.3 Å². The van der Waals surface area contributed by atoms with Gasteiger partial charge in [-0.15, -0.1) is 10.1 Å². The molecule has 0 amide bonds. The van der Waals surface area contributed by atoms with E-state index in [4.69, 9.17) is 37.4 Å². The van der Waals surface area contributed by atoms with Crippen LogP contribution < -0.4 is 4.74 Å². The molecule has 2 atom stereocenters. The van der Waals surface area contributed by atoms with Crippen molar-refractivity contribution in [2.45, 2.75) is 18.4 Å². The summed E-state index contributed by atoms with van der Waals surface area (Å²) in [7, 11) is 0. The Balaban J connectivity index is 1.42. The van der Waals surface area contributed by atoms with E-state index in [1.54, 1.807) is 49.1 Å². The smallest absolute Gasteiger partial charge is 0.294 e. The quantitative estimate of drug-likeness (QED) is 0.230. The van der Waals surface area contributed by atoms with E-state index in [1.807, 2.05) is 4.57 Å². The Hall–Kier alpha value is -3.18. The maximum atomic E-state index is 11.9. The molecular formula is C22H19Cl2N3O7. The van der Waals surface area contributed by atoms with Crippen LogP contribution in [0, 0.1) is 10.1 Å². The van der Waals surface area contributed by atoms with E-state index in [0.29, 0.717) is 27.9 Å². The van der Waals surface area contributed by atoms with E-state index < -0.39 is 29.4 Å². The minimum atomic E-state index is -1.16. The van der Waals surface area contributed by atoms with Gasteiger partial charge in [0.25, 0.3) is 5.09 Å². The molecule has 2 unspecified atom stereocenters. The molecule has 0 saturated carbocycles. The normalized spacial score (nSPS) is 19.6. The molecule has 178 valence electrons. The molecule has 1 aliphatic heterocycles. The van der Waals surface area contributed by atoms with Crippen LogP contribution in [0.25, 0.3) is 0 Å². The fraction of sp³-hybridized carbons (Fsp3) is 0.273. The highest BCUT2D eigenvalue weighted by Gasteiger charge is 2.45. The fourth-order valence-corrected chi connectivity index (χ4v) is 4.05. The summed E-state index contributed by atoms with van der Waals surface area (Å²) in [4.78, 5) is 30.3. The molecule has 0 radical (unpaired) electrons. The molecule has 0 N–H and O–H groups in total. The Morgan fingerprint density at radius 3 is 2.74 bits per heavy atom. The number of ether oxygens (including phenoxy) is 3. The van der Waals surface area contributed by atoms with Crippen molar-refractivity contribution >= 4 is 29.0 Å². The second-order valence-electron chi connectivity index (χ2n) is 7.42. The van der Waals surface area contributed by atoms with Gasteiger partial charge in [-0.05, 0) is 36.4 Å². The monoisotopic (exact) mass is 507 g/mol. The highest BCUT2D eigenvalue weighted by atomic mass is 35.5. The fourth-order valence-electron chi connectivity index (χ4n) is 3.50. The minimum Gasteiger partial charge on any atom is -0.491 e. The zero-order valence-corrected chi connectivity index (χ0v) is 19.1. The third-order valence-corrected chi connectivity index (χ3v) is 5.61. The van der Waals surface area contributed by atoms with E-state index in [1.165, 1.54) is 12.1 Å². The van der Waals surface area contributed by atoms with Crippen LogP contribution in [0.5, 0.6) is 5.75 Å². The molecule has 4 rings (SSSR count). The predicted octanol–water partition coefficient (Wildman–Crippen LogP) is 3.93. The van der Waals surface area contributed by atoms with Gasteiger partial charge < -0.3 is 23.6 Å². The van der Waals surface area contributed by atoms with Gasteiger partial charge in [0.1, 0.15) is 18.5 Å². The van der Waals surface area contributed by atoms with Crippen LogP contribution in [0.1, 0.15) is 15.9 Å².